The van der Waals surface area contributed by atoms with Crippen LogP contribution in [0.4, 0.5) is 0 Å². The van der Waals surface area contributed by atoms with E-state index in [0.29, 0.717) is 4.88 Å². The zero-order valence-electron chi connectivity index (χ0n) is 15.1. The number of hydrogen-bond acceptors (Lipinski definition) is 8. The number of thiophene rings is 1. The van der Waals surface area contributed by atoms with Crippen LogP contribution in [0.5, 0.6) is 0 Å². The van der Waals surface area contributed by atoms with Gasteiger partial charge in [0, 0.05) is 189 Å². The molecule has 2 aromatic rings. The van der Waals surface area contributed by atoms with Crippen LogP contribution in [0, 0.1) is 183 Å². The molecule has 5 N–H and O–H groups in total. The first-order chi connectivity index (χ1) is 11.4. The predicted octanol–water partition coefficient (Wildman–Crippen LogP) is -0.866. The monoisotopic (exact) mass is 1260 g/mol. The second-order valence-corrected chi connectivity index (χ2v) is 6.79. The van der Waals surface area contributed by atoms with E-state index in [0.717, 1.165) is 15.6 Å². The smallest absolute Gasteiger partial charge is 0.263 e. The number of pyridine rings is 1. The van der Waals surface area contributed by atoms with Crippen LogP contribution in [0.15, 0.2) is 18.5 Å². The normalized spacial score (nSPS) is 26.1. The fourth-order valence-electron chi connectivity index (χ4n) is 2.63. The summed E-state index contributed by atoms with van der Waals surface area (Å²) in [7, 11) is 0. The number of nitrogens with one attached hydrogen (secondary N) is 1. The van der Waals surface area contributed by atoms with Gasteiger partial charge in [0.05, 0.1) is 16.2 Å². The molecule has 13 heteroatoms. The van der Waals surface area contributed by atoms with Crippen LogP contribution in [-0.4, -0.2) is 68.6 Å². The van der Waals surface area contributed by atoms with E-state index in [1.54, 1.807) is 18.5 Å². The number of ether oxygens (including phenoxy) is 1. The van der Waals surface area contributed by atoms with Crippen molar-refractivity contribution in [2.24, 2.45) is 0 Å². The van der Waals surface area contributed by atoms with Crippen LogP contribution in [0.3, 0.4) is 0 Å². The molecule has 1 aliphatic rings. The third-order valence-corrected chi connectivity index (χ3v) is 5.10. The summed E-state index contributed by atoms with van der Waals surface area (Å²) in [6, 6.07) is 1.72. The minimum Gasteiger partial charge on any atom is -0.394 e. The fourth-order valence-corrected chi connectivity index (χ4v) is 3.64. The summed E-state index contributed by atoms with van der Waals surface area (Å²) in [5.74, 6) is -0.486. The Morgan fingerprint density at radius 1 is 1.14 bits per heavy atom. The van der Waals surface area contributed by atoms with E-state index in [1.807, 2.05) is 6.92 Å². The second kappa shape index (κ2) is 15.9. The minimum atomic E-state index is -1.53. The van der Waals surface area contributed by atoms with E-state index in [1.165, 1.54) is 11.3 Å². The number of amides is 1. The Hall–Kier alpha value is 4.15. The molecule has 3 heterocycles. The SMILES string of the molecule is Cc1cncc2sc(C(=O)N[C@@H]3O[C@H](CO)[C@@H](O)[C@H](O)[C@H]3O)cc12.[Ac].[Ac].[Ac].[Ac]. The minimum absolute atomic E-state index is 0. The molecular formula is C15H18Ac4N2O6S. The van der Waals surface area contributed by atoms with Gasteiger partial charge in [-0.2, -0.15) is 0 Å². The quantitative estimate of drug-likeness (QED) is 0.271. The molecule has 0 aromatic carbocycles. The van der Waals surface area contributed by atoms with Crippen LogP contribution < -0.4 is 5.32 Å². The molecule has 8 nitrogen and oxygen atoms in total. The van der Waals surface area contributed by atoms with Crippen molar-refractivity contribution in [1.29, 1.82) is 0 Å². The molecule has 5 atom stereocenters. The summed E-state index contributed by atoms with van der Waals surface area (Å²) < 4.78 is 6.13. The van der Waals surface area contributed by atoms with Gasteiger partial charge in [-0.3, -0.25) is 9.78 Å². The first-order valence-corrected chi connectivity index (χ1v) is 8.19. The maximum Gasteiger partial charge on any atom is 0.263 e. The van der Waals surface area contributed by atoms with Gasteiger partial charge < -0.3 is 30.5 Å². The average Bonchev–Trinajstić information content (AvgIpc) is 3.01. The molecule has 0 bridgehead atoms. The van der Waals surface area contributed by atoms with Gasteiger partial charge in [0.1, 0.15) is 24.4 Å². The van der Waals surface area contributed by atoms with Gasteiger partial charge in [-0.1, -0.05) is 0 Å². The molecule has 3 rings (SSSR count). The predicted molar refractivity (Wildman–Crippen MR) is 85.6 cm³/mol. The van der Waals surface area contributed by atoms with Crippen LogP contribution >= 0.6 is 11.3 Å². The van der Waals surface area contributed by atoms with E-state index in [2.05, 4.69) is 10.3 Å². The molecule has 28 heavy (non-hydrogen) atoms. The number of nitrogens with zero attached hydrogens (tertiary/aromatic N) is 1. The molecule has 4 radical (unpaired) electrons. The van der Waals surface area contributed by atoms with E-state index in [4.69, 9.17) is 9.84 Å². The average molecular weight is 1260 g/mol. The molecule has 0 saturated carbocycles. The number of aliphatic hydroxyl groups excluding tert-OH is 4. The summed E-state index contributed by atoms with van der Waals surface area (Å²) >= 11 is 1.24. The topological polar surface area (TPSA) is 132 Å². The van der Waals surface area contributed by atoms with Gasteiger partial charge in [-0.15, -0.1) is 11.3 Å². The number of fused-ring (bicyclic) bond motifs is 1. The first kappa shape index (κ1) is 34.3. The van der Waals surface area contributed by atoms with Crippen LogP contribution in [0.2, 0.25) is 0 Å². The largest absolute Gasteiger partial charge is 0.394 e. The summed E-state index contributed by atoms with van der Waals surface area (Å²) in [5.41, 5.74) is 0.940. The Labute approximate surface area is 309 Å². The molecule has 1 amide bonds. The van der Waals surface area contributed by atoms with Crippen molar-refractivity contribution < 1.29 is 206 Å². The summed E-state index contributed by atoms with van der Waals surface area (Å²) in [6.07, 6.45) is -3.44. The van der Waals surface area contributed by atoms with Gasteiger partial charge in [0.2, 0.25) is 0 Å². The van der Waals surface area contributed by atoms with Gasteiger partial charge >= 0.3 is 0 Å². The van der Waals surface area contributed by atoms with Gasteiger partial charge in [-0.05, 0) is 23.9 Å². The second-order valence-electron chi connectivity index (χ2n) is 5.70. The Balaban J connectivity index is 0. The fraction of sp³-hybridized carbons (Fsp3) is 0.467. The van der Waals surface area contributed by atoms with Gasteiger partial charge in [0.15, 0.2) is 6.23 Å². The molecule has 0 unspecified atom stereocenters. The van der Waals surface area contributed by atoms with Crippen molar-refractivity contribution in [3.63, 3.8) is 0 Å². The first-order valence-electron chi connectivity index (χ1n) is 7.38. The van der Waals surface area contributed by atoms with Crippen molar-refractivity contribution in [2.75, 3.05) is 6.61 Å². The van der Waals surface area contributed by atoms with E-state index in [-0.39, 0.29) is 176 Å². The Kier molecular flexibility index (Phi) is 19.5. The maximum atomic E-state index is 12.4. The summed E-state index contributed by atoms with van der Waals surface area (Å²) in [4.78, 5) is 16.9. The van der Waals surface area contributed by atoms with Gasteiger partial charge in [0.25, 0.3) is 5.91 Å². The number of hydrogen-bond donors (Lipinski definition) is 5. The summed E-state index contributed by atoms with van der Waals surface area (Å²) in [5, 5.41) is 42.0. The van der Waals surface area contributed by atoms with Crippen LogP contribution in [0.1, 0.15) is 15.2 Å². The number of aryl methyl sites for hydroxylation is 1. The van der Waals surface area contributed by atoms with Crippen molar-refractivity contribution in [1.82, 2.24) is 10.3 Å². The Morgan fingerprint density at radius 3 is 2.36 bits per heavy atom. The maximum absolute atomic E-state index is 12.4. The molecular weight excluding hydrogens is 1240 g/mol. The van der Waals surface area contributed by atoms with E-state index < -0.39 is 43.2 Å². The molecule has 0 aliphatic carbocycles. The number of aliphatic hydroxyl groups is 4. The Bertz CT molecular complexity index is 765. The molecule has 1 aliphatic heterocycles. The zero-order chi connectivity index (χ0) is 17.4. The molecule has 2 aromatic heterocycles. The van der Waals surface area contributed by atoms with Crippen LogP contribution in [-0.2, 0) is 4.74 Å². The van der Waals surface area contributed by atoms with E-state index >= 15 is 0 Å². The third kappa shape index (κ3) is 8.12. The van der Waals surface area contributed by atoms with Gasteiger partial charge in [-0.25, -0.2) is 0 Å². The zero-order valence-corrected chi connectivity index (χ0v) is 34.9. The van der Waals surface area contributed by atoms with Crippen molar-refractivity contribution in [2.45, 2.75) is 37.6 Å². The Morgan fingerprint density at radius 2 is 1.79 bits per heavy atom. The molecule has 142 valence electrons. The van der Waals surface area contributed by atoms with Crippen molar-refractivity contribution >= 4 is 27.3 Å². The molecule has 1 fully saturated rings. The standard InChI is InChI=1S/C15H18N2O6S.4Ac/c1-6-3-16-4-10-7(6)2-9(24-10)14(22)17-15-13(21)12(20)11(19)8(5-18)23-15;;;;/h2-4,8,11-13,15,18-21H,5H2,1H3,(H,17,22);;;;/t8-,11-,12+,13-,15-;;;;/m1..../s1. The van der Waals surface area contributed by atoms with Crippen LogP contribution in [0.25, 0.3) is 10.1 Å². The number of carbonyl (C=O) groups excluding carboxylic acids is 1. The molecule has 1 saturated heterocycles. The number of rotatable bonds is 3. The van der Waals surface area contributed by atoms with Crippen molar-refractivity contribution in [3.8, 4) is 0 Å². The number of aromatic nitrogens is 1. The van der Waals surface area contributed by atoms with E-state index in [9.17, 15) is 20.1 Å². The number of carbonyl (C=O) groups is 1. The molecule has 0 spiro atoms. The summed E-state index contributed by atoms with van der Waals surface area (Å²) in [6.45, 7) is 1.34. The van der Waals surface area contributed by atoms with Crippen molar-refractivity contribution in [3.05, 3.63) is 28.9 Å². The third-order valence-electron chi connectivity index (χ3n) is 4.04.